The zero-order chi connectivity index (χ0) is 15.4. The van der Waals surface area contributed by atoms with Gasteiger partial charge in [-0.2, -0.15) is 0 Å². The summed E-state index contributed by atoms with van der Waals surface area (Å²) in [5.41, 5.74) is 2.86. The molecule has 112 valence electrons. The molecule has 1 atom stereocenters. The van der Waals surface area contributed by atoms with Gasteiger partial charge in [0.15, 0.2) is 0 Å². The molecule has 0 saturated heterocycles. The first-order valence-electron chi connectivity index (χ1n) is 6.94. The minimum atomic E-state index is -0.434. The third-order valence-electron chi connectivity index (χ3n) is 3.27. The molecule has 3 nitrogen and oxygen atoms in total. The molecule has 0 aromatic heterocycles. The standard InChI is InChI=1S/C17H21FN2O/c1-12(16-8-7-14(18)10-17(16)21)19-15-6-4-5-13(9-15)11-20(2)3/h4-10,12,19,21H,11H2,1-3H3. The third-order valence-corrected chi connectivity index (χ3v) is 3.27. The van der Waals surface area contributed by atoms with Crippen molar-refractivity contribution in [3.05, 3.63) is 59.4 Å². The van der Waals surface area contributed by atoms with Crippen LogP contribution in [0.3, 0.4) is 0 Å². The first-order chi connectivity index (χ1) is 9.95. The predicted molar refractivity (Wildman–Crippen MR) is 83.9 cm³/mol. The zero-order valence-electron chi connectivity index (χ0n) is 12.6. The van der Waals surface area contributed by atoms with E-state index in [1.54, 1.807) is 6.07 Å². The highest BCUT2D eigenvalue weighted by Gasteiger charge is 2.11. The maximum Gasteiger partial charge on any atom is 0.126 e. The highest BCUT2D eigenvalue weighted by atomic mass is 19.1. The molecule has 0 radical (unpaired) electrons. The van der Waals surface area contributed by atoms with Crippen LogP contribution in [-0.4, -0.2) is 24.1 Å². The van der Waals surface area contributed by atoms with Crippen molar-refractivity contribution in [2.45, 2.75) is 19.5 Å². The molecule has 1 unspecified atom stereocenters. The van der Waals surface area contributed by atoms with Gasteiger partial charge >= 0.3 is 0 Å². The maximum atomic E-state index is 13.0. The van der Waals surface area contributed by atoms with Crippen molar-refractivity contribution >= 4 is 5.69 Å². The van der Waals surface area contributed by atoms with E-state index in [1.165, 1.54) is 11.6 Å². The van der Waals surface area contributed by atoms with Crippen molar-refractivity contribution in [1.82, 2.24) is 4.90 Å². The molecule has 0 aliphatic heterocycles. The molecule has 4 heteroatoms. The van der Waals surface area contributed by atoms with Gasteiger partial charge in [-0.25, -0.2) is 4.39 Å². The van der Waals surface area contributed by atoms with Crippen LogP contribution < -0.4 is 5.32 Å². The lowest BCUT2D eigenvalue weighted by atomic mass is 10.1. The van der Waals surface area contributed by atoms with Crippen molar-refractivity contribution in [1.29, 1.82) is 0 Å². The summed E-state index contributed by atoms with van der Waals surface area (Å²) < 4.78 is 13.0. The molecular formula is C17H21FN2O. The molecule has 0 bridgehead atoms. The summed E-state index contributed by atoms with van der Waals surface area (Å²) in [6.45, 7) is 2.80. The quantitative estimate of drug-likeness (QED) is 0.879. The van der Waals surface area contributed by atoms with Gasteiger partial charge in [0.05, 0.1) is 6.04 Å². The number of aromatic hydroxyl groups is 1. The monoisotopic (exact) mass is 288 g/mol. The summed E-state index contributed by atoms with van der Waals surface area (Å²) in [6, 6.07) is 12.1. The molecular weight excluding hydrogens is 267 g/mol. The van der Waals surface area contributed by atoms with Gasteiger partial charge < -0.3 is 15.3 Å². The molecule has 2 rings (SSSR count). The van der Waals surface area contributed by atoms with Crippen LogP contribution in [0.4, 0.5) is 10.1 Å². The fraction of sp³-hybridized carbons (Fsp3) is 0.294. The lowest BCUT2D eigenvalue weighted by molar-refractivity contribution is 0.402. The van der Waals surface area contributed by atoms with Gasteiger partial charge in [0.25, 0.3) is 0 Å². The average molecular weight is 288 g/mol. The second kappa shape index (κ2) is 6.59. The molecule has 0 fully saturated rings. The number of phenols is 1. The molecule has 0 aliphatic rings. The Morgan fingerprint density at radius 2 is 1.95 bits per heavy atom. The number of rotatable bonds is 5. The minimum Gasteiger partial charge on any atom is -0.507 e. The van der Waals surface area contributed by atoms with Crippen LogP contribution in [0.15, 0.2) is 42.5 Å². The van der Waals surface area contributed by atoms with Crippen molar-refractivity contribution in [3.8, 4) is 5.75 Å². The Morgan fingerprint density at radius 3 is 2.62 bits per heavy atom. The van der Waals surface area contributed by atoms with Crippen molar-refractivity contribution in [2.75, 3.05) is 19.4 Å². The van der Waals surface area contributed by atoms with Gasteiger partial charge in [0.2, 0.25) is 0 Å². The predicted octanol–water partition coefficient (Wildman–Crippen LogP) is 3.77. The number of benzene rings is 2. The molecule has 0 saturated carbocycles. The Balaban J connectivity index is 2.13. The van der Waals surface area contributed by atoms with E-state index in [0.717, 1.165) is 18.3 Å². The SMILES string of the molecule is CC(Nc1cccc(CN(C)C)c1)c1ccc(F)cc1O. The maximum absolute atomic E-state index is 13.0. The summed E-state index contributed by atoms with van der Waals surface area (Å²) in [5.74, 6) is -0.462. The van der Waals surface area contributed by atoms with Crippen LogP contribution in [0.1, 0.15) is 24.1 Å². The van der Waals surface area contributed by atoms with Crippen LogP contribution in [0.5, 0.6) is 5.75 Å². The van der Waals surface area contributed by atoms with Crippen molar-refractivity contribution in [2.24, 2.45) is 0 Å². The number of anilines is 1. The largest absolute Gasteiger partial charge is 0.507 e. The van der Waals surface area contributed by atoms with Crippen LogP contribution in [0.25, 0.3) is 0 Å². The number of nitrogens with one attached hydrogen (secondary N) is 1. The topological polar surface area (TPSA) is 35.5 Å². The second-order valence-corrected chi connectivity index (χ2v) is 5.51. The van der Waals surface area contributed by atoms with E-state index in [1.807, 2.05) is 33.2 Å². The molecule has 21 heavy (non-hydrogen) atoms. The molecule has 2 aromatic rings. The minimum absolute atomic E-state index is 0.0283. The van der Waals surface area contributed by atoms with E-state index < -0.39 is 5.82 Å². The Hall–Kier alpha value is -2.07. The van der Waals surface area contributed by atoms with Gasteiger partial charge in [-0.3, -0.25) is 0 Å². The average Bonchev–Trinajstić information content (AvgIpc) is 2.37. The van der Waals surface area contributed by atoms with Gasteiger partial charge in [-0.15, -0.1) is 0 Å². The van der Waals surface area contributed by atoms with Crippen molar-refractivity contribution in [3.63, 3.8) is 0 Å². The van der Waals surface area contributed by atoms with Gasteiger partial charge in [-0.1, -0.05) is 18.2 Å². The Kier molecular flexibility index (Phi) is 4.81. The molecule has 2 N–H and O–H groups in total. The number of hydrogen-bond acceptors (Lipinski definition) is 3. The number of nitrogens with zero attached hydrogens (tertiary/aromatic N) is 1. The number of hydrogen-bond donors (Lipinski definition) is 2. The van der Waals surface area contributed by atoms with E-state index in [2.05, 4.69) is 22.3 Å². The van der Waals surface area contributed by atoms with E-state index in [4.69, 9.17) is 0 Å². The van der Waals surface area contributed by atoms with Crippen molar-refractivity contribution < 1.29 is 9.50 Å². The zero-order valence-corrected chi connectivity index (χ0v) is 12.6. The van der Waals surface area contributed by atoms with Crippen LogP contribution in [0.2, 0.25) is 0 Å². The third kappa shape index (κ3) is 4.20. The Bertz CT molecular complexity index is 613. The van der Waals surface area contributed by atoms with E-state index in [0.29, 0.717) is 5.56 Å². The summed E-state index contributed by atoms with van der Waals surface area (Å²) >= 11 is 0. The van der Waals surface area contributed by atoms with Crippen LogP contribution in [0, 0.1) is 5.82 Å². The molecule has 0 spiro atoms. The second-order valence-electron chi connectivity index (χ2n) is 5.51. The lowest BCUT2D eigenvalue weighted by Crippen LogP contribution is -2.11. The van der Waals surface area contributed by atoms with E-state index in [-0.39, 0.29) is 11.8 Å². The first-order valence-corrected chi connectivity index (χ1v) is 6.94. The molecule has 0 heterocycles. The molecule has 0 aliphatic carbocycles. The Labute approximate surface area is 125 Å². The lowest BCUT2D eigenvalue weighted by Gasteiger charge is -2.18. The fourth-order valence-electron chi connectivity index (χ4n) is 2.34. The normalized spacial score (nSPS) is 12.4. The highest BCUT2D eigenvalue weighted by molar-refractivity contribution is 5.49. The van der Waals surface area contributed by atoms with Gasteiger partial charge in [0, 0.05) is 23.9 Å². The molecule has 0 amide bonds. The van der Waals surface area contributed by atoms with Crippen LogP contribution in [-0.2, 0) is 6.54 Å². The molecule has 2 aromatic carbocycles. The smallest absolute Gasteiger partial charge is 0.126 e. The highest BCUT2D eigenvalue weighted by Crippen LogP contribution is 2.27. The fourth-order valence-corrected chi connectivity index (χ4v) is 2.34. The van der Waals surface area contributed by atoms with E-state index >= 15 is 0 Å². The number of halogens is 1. The first kappa shape index (κ1) is 15.3. The summed E-state index contributed by atoms with van der Waals surface area (Å²) in [5, 5.41) is 13.2. The number of phenolic OH excluding ortho intramolecular Hbond substituents is 1. The Morgan fingerprint density at radius 1 is 1.19 bits per heavy atom. The van der Waals surface area contributed by atoms with Gasteiger partial charge in [0.1, 0.15) is 11.6 Å². The van der Waals surface area contributed by atoms with Crippen LogP contribution >= 0.6 is 0 Å². The summed E-state index contributed by atoms with van der Waals surface area (Å²) in [6.07, 6.45) is 0. The summed E-state index contributed by atoms with van der Waals surface area (Å²) in [7, 11) is 4.05. The van der Waals surface area contributed by atoms with E-state index in [9.17, 15) is 9.50 Å². The van der Waals surface area contributed by atoms with Gasteiger partial charge in [-0.05, 0) is 44.8 Å². The summed E-state index contributed by atoms with van der Waals surface area (Å²) in [4.78, 5) is 2.11.